The fourth-order valence-electron chi connectivity index (χ4n) is 3.23. The van der Waals surface area contributed by atoms with Gasteiger partial charge in [0.25, 0.3) is 5.78 Å². The van der Waals surface area contributed by atoms with Gasteiger partial charge in [-0.05, 0) is 49.7 Å². The molecule has 0 aliphatic heterocycles. The Bertz CT molecular complexity index is 1160. The molecule has 0 bridgehead atoms. The third-order valence-corrected chi connectivity index (χ3v) is 4.60. The Balaban J connectivity index is 1.67. The van der Waals surface area contributed by atoms with Crippen molar-refractivity contribution in [3.8, 4) is 0 Å². The van der Waals surface area contributed by atoms with Gasteiger partial charge in [0, 0.05) is 17.1 Å². The van der Waals surface area contributed by atoms with Crippen molar-refractivity contribution in [3.63, 3.8) is 0 Å². The number of nitrogens with zero attached hydrogens (tertiary/aromatic N) is 5. The summed E-state index contributed by atoms with van der Waals surface area (Å²) < 4.78 is 15.1. The Hall–Kier alpha value is -3.61. The molecule has 1 amide bonds. The van der Waals surface area contributed by atoms with Crippen molar-refractivity contribution in [2.45, 2.75) is 26.8 Å². The predicted octanol–water partition coefficient (Wildman–Crippen LogP) is 3.66. The van der Waals surface area contributed by atoms with Crippen molar-refractivity contribution in [2.75, 3.05) is 4.90 Å². The molecule has 0 fully saturated rings. The second kappa shape index (κ2) is 7.79. The van der Waals surface area contributed by atoms with Gasteiger partial charge in [0.1, 0.15) is 5.82 Å². The molecule has 0 spiro atoms. The minimum absolute atomic E-state index is 0.123. The van der Waals surface area contributed by atoms with E-state index in [0.717, 1.165) is 17.0 Å². The van der Waals surface area contributed by atoms with Crippen LogP contribution >= 0.6 is 0 Å². The summed E-state index contributed by atoms with van der Waals surface area (Å²) in [7, 11) is 0. The summed E-state index contributed by atoms with van der Waals surface area (Å²) in [4.78, 5) is 23.5. The number of halogens is 1. The number of aryl methyl sites for hydroxylation is 2. The van der Waals surface area contributed by atoms with Crippen LogP contribution < -0.4 is 4.90 Å². The number of amides is 1. The first-order chi connectivity index (χ1) is 14.0. The summed E-state index contributed by atoms with van der Waals surface area (Å²) in [5.41, 5.74) is 3.26. The number of rotatable bonds is 5. The molecule has 0 N–H and O–H groups in total. The van der Waals surface area contributed by atoms with Gasteiger partial charge < -0.3 is 4.90 Å². The van der Waals surface area contributed by atoms with E-state index >= 15 is 0 Å². The molecule has 0 saturated carbocycles. The summed E-state index contributed by atoms with van der Waals surface area (Å²) in [6.07, 6.45) is 0.224. The van der Waals surface area contributed by atoms with E-state index in [1.165, 1.54) is 12.1 Å². The highest BCUT2D eigenvalue weighted by molar-refractivity contribution is 5.94. The number of anilines is 1. The number of hydrogen-bond acceptors (Lipinski definition) is 4. The summed E-state index contributed by atoms with van der Waals surface area (Å²) in [5.74, 6) is 0.483. The van der Waals surface area contributed by atoms with Crippen LogP contribution in [-0.2, 0) is 17.8 Å². The Kier molecular flexibility index (Phi) is 5.03. The Morgan fingerprint density at radius 2 is 1.76 bits per heavy atom. The molecule has 146 valence electrons. The van der Waals surface area contributed by atoms with E-state index in [0.29, 0.717) is 17.3 Å². The highest BCUT2D eigenvalue weighted by atomic mass is 19.1. The maximum atomic E-state index is 13.4. The number of aromatic nitrogens is 4. The van der Waals surface area contributed by atoms with E-state index in [2.05, 4.69) is 15.1 Å². The lowest BCUT2D eigenvalue weighted by Crippen LogP contribution is -2.32. The third-order valence-electron chi connectivity index (χ3n) is 4.60. The smallest absolute Gasteiger partial charge is 0.252 e. The van der Waals surface area contributed by atoms with Crippen molar-refractivity contribution < 1.29 is 9.18 Å². The quantitative estimate of drug-likeness (QED) is 0.523. The Labute approximate surface area is 167 Å². The lowest BCUT2D eigenvalue weighted by Gasteiger charge is -2.21. The van der Waals surface area contributed by atoms with Crippen molar-refractivity contribution in [2.24, 2.45) is 0 Å². The van der Waals surface area contributed by atoms with Gasteiger partial charge in [-0.15, -0.1) is 5.10 Å². The summed E-state index contributed by atoms with van der Waals surface area (Å²) >= 11 is 0. The lowest BCUT2D eigenvalue weighted by molar-refractivity contribution is -0.118. The fourth-order valence-corrected chi connectivity index (χ4v) is 3.23. The topological polar surface area (TPSA) is 63.4 Å². The minimum atomic E-state index is -0.356. The Morgan fingerprint density at radius 1 is 1.03 bits per heavy atom. The molecular weight excluding hydrogens is 369 g/mol. The summed E-state index contributed by atoms with van der Waals surface area (Å²) in [6, 6.07) is 17.3. The van der Waals surface area contributed by atoms with Crippen LogP contribution in [0.4, 0.5) is 10.1 Å². The molecular formula is C22H20FN5O. The van der Waals surface area contributed by atoms with Crippen LogP contribution in [-0.4, -0.2) is 25.5 Å². The predicted molar refractivity (Wildman–Crippen MR) is 108 cm³/mol. The van der Waals surface area contributed by atoms with E-state index in [1.54, 1.807) is 21.5 Å². The summed E-state index contributed by atoms with van der Waals surface area (Å²) in [6.45, 7) is 3.99. The molecule has 2 aromatic carbocycles. The molecule has 6 nitrogen and oxygen atoms in total. The lowest BCUT2D eigenvalue weighted by atomic mass is 10.1. The number of fused-ring (bicyclic) bond motifs is 1. The van der Waals surface area contributed by atoms with Crippen molar-refractivity contribution in [3.05, 3.63) is 89.3 Å². The molecule has 2 aromatic heterocycles. The molecule has 2 heterocycles. The zero-order valence-corrected chi connectivity index (χ0v) is 16.2. The first kappa shape index (κ1) is 18.7. The molecule has 0 aliphatic rings. The molecule has 4 aromatic rings. The van der Waals surface area contributed by atoms with Gasteiger partial charge >= 0.3 is 0 Å². The second-order valence-corrected chi connectivity index (χ2v) is 6.90. The van der Waals surface area contributed by atoms with Crippen LogP contribution in [0, 0.1) is 19.7 Å². The van der Waals surface area contributed by atoms with Crippen LogP contribution in [0.2, 0.25) is 0 Å². The van der Waals surface area contributed by atoms with Gasteiger partial charge in [-0.25, -0.2) is 13.9 Å². The number of carbonyl (C=O) groups excluding carboxylic acids is 1. The Morgan fingerprint density at radius 3 is 2.48 bits per heavy atom. The van der Waals surface area contributed by atoms with Crippen LogP contribution in [0.5, 0.6) is 0 Å². The number of carbonyl (C=O) groups is 1. The van der Waals surface area contributed by atoms with Crippen LogP contribution in [0.1, 0.15) is 22.8 Å². The van der Waals surface area contributed by atoms with E-state index in [4.69, 9.17) is 0 Å². The standard InChI is InChI=1S/C22H20FN5O/c1-15-12-16(2)28-22(24-15)25-20(26-28)14-27(19-10-8-18(23)9-11-19)21(29)13-17-6-4-3-5-7-17/h3-12H,13-14H2,1-2H3. The maximum Gasteiger partial charge on any atom is 0.252 e. The third kappa shape index (κ3) is 4.13. The molecule has 0 radical (unpaired) electrons. The molecule has 0 unspecified atom stereocenters. The monoisotopic (exact) mass is 389 g/mol. The SMILES string of the molecule is Cc1cc(C)n2nc(CN(C(=O)Cc3ccccc3)c3ccc(F)cc3)nc2n1. The van der Waals surface area contributed by atoms with Gasteiger partial charge in [-0.3, -0.25) is 4.79 Å². The van der Waals surface area contributed by atoms with Gasteiger partial charge in [0.05, 0.1) is 13.0 Å². The van der Waals surface area contributed by atoms with Crippen molar-refractivity contribution >= 4 is 17.4 Å². The maximum absolute atomic E-state index is 13.4. The molecule has 0 atom stereocenters. The van der Waals surface area contributed by atoms with E-state index < -0.39 is 0 Å². The minimum Gasteiger partial charge on any atom is -0.304 e. The first-order valence-electron chi connectivity index (χ1n) is 9.29. The summed E-state index contributed by atoms with van der Waals surface area (Å²) in [5, 5.41) is 4.50. The van der Waals surface area contributed by atoms with E-state index in [-0.39, 0.29) is 24.7 Å². The van der Waals surface area contributed by atoms with Gasteiger partial charge in [0.2, 0.25) is 5.91 Å². The van der Waals surface area contributed by atoms with Crippen molar-refractivity contribution in [1.29, 1.82) is 0 Å². The van der Waals surface area contributed by atoms with Crippen LogP contribution in [0.3, 0.4) is 0 Å². The van der Waals surface area contributed by atoms with Crippen molar-refractivity contribution in [1.82, 2.24) is 19.6 Å². The number of hydrogen-bond donors (Lipinski definition) is 0. The average Bonchev–Trinajstić information content (AvgIpc) is 3.10. The fraction of sp³-hybridized carbons (Fsp3) is 0.182. The molecule has 0 aliphatic carbocycles. The highest BCUT2D eigenvalue weighted by Crippen LogP contribution is 2.19. The second-order valence-electron chi connectivity index (χ2n) is 6.90. The van der Waals surface area contributed by atoms with E-state index in [9.17, 15) is 9.18 Å². The van der Waals surface area contributed by atoms with Crippen LogP contribution in [0.15, 0.2) is 60.7 Å². The molecule has 29 heavy (non-hydrogen) atoms. The van der Waals surface area contributed by atoms with Crippen LogP contribution in [0.25, 0.3) is 5.78 Å². The van der Waals surface area contributed by atoms with Gasteiger partial charge in [0.15, 0.2) is 5.82 Å². The highest BCUT2D eigenvalue weighted by Gasteiger charge is 2.20. The zero-order valence-electron chi connectivity index (χ0n) is 16.2. The van der Waals surface area contributed by atoms with Gasteiger partial charge in [-0.1, -0.05) is 30.3 Å². The molecule has 0 saturated heterocycles. The first-order valence-corrected chi connectivity index (χ1v) is 9.29. The largest absolute Gasteiger partial charge is 0.304 e. The molecule has 4 rings (SSSR count). The normalized spacial score (nSPS) is 11.0. The molecule has 7 heteroatoms. The van der Waals surface area contributed by atoms with Gasteiger partial charge in [-0.2, -0.15) is 4.98 Å². The average molecular weight is 389 g/mol. The van der Waals surface area contributed by atoms with E-state index in [1.807, 2.05) is 50.2 Å². The zero-order chi connectivity index (χ0) is 20.4. The number of benzene rings is 2.